The van der Waals surface area contributed by atoms with Crippen molar-refractivity contribution in [3.05, 3.63) is 0 Å². The lowest BCUT2D eigenvalue weighted by Gasteiger charge is -2.25. The molecule has 0 aliphatic rings. The summed E-state index contributed by atoms with van der Waals surface area (Å²) in [6, 6.07) is 0.707. The van der Waals surface area contributed by atoms with Crippen LogP contribution < -0.4 is 0 Å². The number of nitrogens with zero attached hydrogens (tertiary/aromatic N) is 1. The molecule has 0 N–H and O–H groups in total. The van der Waals surface area contributed by atoms with E-state index >= 15 is 0 Å². The molecule has 74 valence electrons. The Labute approximate surface area is 78.1 Å². The quantitative estimate of drug-likeness (QED) is 0.593. The molecule has 0 radical (unpaired) electrons. The molecule has 0 bridgehead atoms. The van der Waals surface area contributed by atoms with E-state index in [9.17, 15) is 0 Å². The van der Waals surface area contributed by atoms with Crippen LogP contribution in [0.25, 0.3) is 0 Å². The van der Waals surface area contributed by atoms with E-state index in [1.807, 2.05) is 0 Å². The largest absolute Gasteiger partial charge is 0.301 e. The fourth-order valence-corrected chi connectivity index (χ4v) is 1.37. The summed E-state index contributed by atoms with van der Waals surface area (Å²) in [7, 11) is 0. The first-order chi connectivity index (χ1) is 5.61. The van der Waals surface area contributed by atoms with Crippen molar-refractivity contribution in [1.29, 1.82) is 0 Å². The highest BCUT2D eigenvalue weighted by Gasteiger charge is 2.07. The maximum absolute atomic E-state index is 2.53. The third-order valence-corrected chi connectivity index (χ3v) is 2.74. The summed E-state index contributed by atoms with van der Waals surface area (Å²) in [4.78, 5) is 2.53. The minimum atomic E-state index is 0.707. The fourth-order valence-electron chi connectivity index (χ4n) is 1.37. The first-order valence-electron chi connectivity index (χ1n) is 5.35. The van der Waals surface area contributed by atoms with Gasteiger partial charge in [-0.1, -0.05) is 27.2 Å². The van der Waals surface area contributed by atoms with E-state index in [4.69, 9.17) is 0 Å². The zero-order valence-corrected chi connectivity index (χ0v) is 9.43. The highest BCUT2D eigenvalue weighted by atomic mass is 15.1. The third kappa shape index (κ3) is 4.76. The van der Waals surface area contributed by atoms with E-state index in [1.165, 1.54) is 25.9 Å². The summed E-state index contributed by atoms with van der Waals surface area (Å²) in [5.74, 6) is 0.887. The zero-order valence-electron chi connectivity index (χ0n) is 9.43. The molecule has 0 aromatic carbocycles. The molecule has 0 amide bonds. The predicted octanol–water partition coefficient (Wildman–Crippen LogP) is 3.15. The SMILES string of the molecule is CCC(C)CCN(CC)C(C)C. The van der Waals surface area contributed by atoms with Gasteiger partial charge in [-0.2, -0.15) is 0 Å². The van der Waals surface area contributed by atoms with E-state index in [0.29, 0.717) is 6.04 Å². The van der Waals surface area contributed by atoms with Crippen LogP contribution in [-0.2, 0) is 0 Å². The molecule has 0 fully saturated rings. The van der Waals surface area contributed by atoms with Crippen molar-refractivity contribution in [3.8, 4) is 0 Å². The topological polar surface area (TPSA) is 3.24 Å². The number of rotatable bonds is 6. The van der Waals surface area contributed by atoms with Gasteiger partial charge in [0.1, 0.15) is 0 Å². The van der Waals surface area contributed by atoms with Gasteiger partial charge in [-0.05, 0) is 39.3 Å². The average molecular weight is 171 g/mol. The number of hydrogen-bond acceptors (Lipinski definition) is 1. The molecule has 0 aliphatic heterocycles. The van der Waals surface area contributed by atoms with Crippen LogP contribution in [0, 0.1) is 5.92 Å². The Bertz CT molecular complexity index is 99.2. The van der Waals surface area contributed by atoms with Gasteiger partial charge in [0, 0.05) is 6.04 Å². The first kappa shape index (κ1) is 12.0. The van der Waals surface area contributed by atoms with Gasteiger partial charge in [-0.25, -0.2) is 0 Å². The maximum Gasteiger partial charge on any atom is 0.00384 e. The van der Waals surface area contributed by atoms with E-state index in [0.717, 1.165) is 5.92 Å². The van der Waals surface area contributed by atoms with Crippen LogP contribution in [0.5, 0.6) is 0 Å². The molecule has 12 heavy (non-hydrogen) atoms. The zero-order chi connectivity index (χ0) is 9.56. The van der Waals surface area contributed by atoms with Gasteiger partial charge in [-0.3, -0.25) is 0 Å². The summed E-state index contributed by atoms with van der Waals surface area (Å²) in [5.41, 5.74) is 0. The molecule has 0 aromatic rings. The van der Waals surface area contributed by atoms with Crippen LogP contribution >= 0.6 is 0 Å². The summed E-state index contributed by atoms with van der Waals surface area (Å²) < 4.78 is 0. The minimum Gasteiger partial charge on any atom is -0.301 e. The van der Waals surface area contributed by atoms with Gasteiger partial charge >= 0.3 is 0 Å². The fraction of sp³-hybridized carbons (Fsp3) is 1.00. The third-order valence-electron chi connectivity index (χ3n) is 2.74. The highest BCUT2D eigenvalue weighted by molar-refractivity contribution is 4.62. The molecular formula is C11H25N. The molecule has 0 aliphatic carbocycles. The van der Waals surface area contributed by atoms with Gasteiger partial charge in [0.15, 0.2) is 0 Å². The molecule has 0 saturated carbocycles. The van der Waals surface area contributed by atoms with Gasteiger partial charge < -0.3 is 4.90 Å². The van der Waals surface area contributed by atoms with Crippen molar-refractivity contribution in [2.45, 2.75) is 53.5 Å². The summed E-state index contributed by atoms with van der Waals surface area (Å²) >= 11 is 0. The smallest absolute Gasteiger partial charge is 0.00384 e. The molecule has 0 saturated heterocycles. The normalized spacial score (nSPS) is 14.2. The Morgan fingerprint density at radius 1 is 1.08 bits per heavy atom. The average Bonchev–Trinajstić information content (AvgIpc) is 2.04. The second kappa shape index (κ2) is 6.47. The molecule has 1 nitrogen and oxygen atoms in total. The predicted molar refractivity (Wildman–Crippen MR) is 56.5 cm³/mol. The molecule has 1 atom stereocenters. The first-order valence-corrected chi connectivity index (χ1v) is 5.35. The lowest BCUT2D eigenvalue weighted by atomic mass is 10.0. The monoisotopic (exact) mass is 171 g/mol. The molecule has 0 heterocycles. The van der Waals surface area contributed by atoms with E-state index < -0.39 is 0 Å². The van der Waals surface area contributed by atoms with E-state index in [1.54, 1.807) is 0 Å². The summed E-state index contributed by atoms with van der Waals surface area (Å²) in [5, 5.41) is 0. The second-order valence-corrected chi connectivity index (χ2v) is 4.02. The minimum absolute atomic E-state index is 0.707. The van der Waals surface area contributed by atoms with Crippen LogP contribution in [0.1, 0.15) is 47.5 Å². The lowest BCUT2D eigenvalue weighted by Crippen LogP contribution is -2.32. The van der Waals surface area contributed by atoms with E-state index in [-0.39, 0.29) is 0 Å². The summed E-state index contributed by atoms with van der Waals surface area (Å²) in [6.07, 6.45) is 2.66. The van der Waals surface area contributed by atoms with Gasteiger partial charge in [-0.15, -0.1) is 0 Å². The number of hydrogen-bond donors (Lipinski definition) is 0. The van der Waals surface area contributed by atoms with Gasteiger partial charge in [0.2, 0.25) is 0 Å². The molecule has 1 heteroatoms. The molecule has 1 unspecified atom stereocenters. The second-order valence-electron chi connectivity index (χ2n) is 4.02. The molecule has 0 spiro atoms. The van der Waals surface area contributed by atoms with E-state index in [2.05, 4.69) is 39.5 Å². The van der Waals surface area contributed by atoms with Crippen molar-refractivity contribution < 1.29 is 0 Å². The maximum atomic E-state index is 2.53. The van der Waals surface area contributed by atoms with Crippen molar-refractivity contribution in [2.75, 3.05) is 13.1 Å². The Hall–Kier alpha value is -0.0400. The van der Waals surface area contributed by atoms with Crippen molar-refractivity contribution >= 4 is 0 Å². The Balaban J connectivity index is 3.58. The lowest BCUT2D eigenvalue weighted by molar-refractivity contribution is 0.217. The standard InChI is InChI=1S/C11H25N/c1-6-11(5)8-9-12(7-2)10(3)4/h10-11H,6-9H2,1-5H3. The van der Waals surface area contributed by atoms with Crippen LogP contribution in [-0.4, -0.2) is 24.0 Å². The Morgan fingerprint density at radius 2 is 1.67 bits per heavy atom. The van der Waals surface area contributed by atoms with Gasteiger partial charge in [0.25, 0.3) is 0 Å². The van der Waals surface area contributed by atoms with Gasteiger partial charge in [0.05, 0.1) is 0 Å². The Kier molecular flexibility index (Phi) is 6.45. The van der Waals surface area contributed by atoms with Crippen LogP contribution in [0.15, 0.2) is 0 Å². The Morgan fingerprint density at radius 3 is 2.00 bits per heavy atom. The van der Waals surface area contributed by atoms with Crippen LogP contribution in [0.4, 0.5) is 0 Å². The van der Waals surface area contributed by atoms with Crippen molar-refractivity contribution in [3.63, 3.8) is 0 Å². The van der Waals surface area contributed by atoms with Crippen LogP contribution in [0.2, 0.25) is 0 Å². The molecule has 0 aromatic heterocycles. The highest BCUT2D eigenvalue weighted by Crippen LogP contribution is 2.08. The summed E-state index contributed by atoms with van der Waals surface area (Å²) in [6.45, 7) is 13.9. The molecule has 0 rings (SSSR count). The van der Waals surface area contributed by atoms with Crippen molar-refractivity contribution in [1.82, 2.24) is 4.90 Å². The molecular weight excluding hydrogens is 146 g/mol. The van der Waals surface area contributed by atoms with Crippen molar-refractivity contribution in [2.24, 2.45) is 5.92 Å². The van der Waals surface area contributed by atoms with Crippen LogP contribution in [0.3, 0.4) is 0 Å².